The third-order valence-corrected chi connectivity index (χ3v) is 3.50. The summed E-state index contributed by atoms with van der Waals surface area (Å²) in [6.45, 7) is 0. The molecule has 0 atom stereocenters. The lowest BCUT2D eigenvalue weighted by atomic mass is 10.2. The van der Waals surface area contributed by atoms with Gasteiger partial charge in [0.15, 0.2) is 0 Å². The van der Waals surface area contributed by atoms with Crippen LogP contribution in [0, 0.1) is 0 Å². The van der Waals surface area contributed by atoms with Crippen molar-refractivity contribution in [3.05, 3.63) is 64.6 Å². The number of nitrogens with one attached hydrogen (secondary N) is 1. The molecule has 0 aliphatic carbocycles. The van der Waals surface area contributed by atoms with E-state index in [1.807, 2.05) is 24.4 Å². The Bertz CT molecular complexity index is 582. The fourth-order valence-electron chi connectivity index (χ4n) is 1.79. The highest BCUT2D eigenvalue weighted by atomic mass is 32.1. The van der Waals surface area contributed by atoms with Gasteiger partial charge in [0.2, 0.25) is 0 Å². The van der Waals surface area contributed by atoms with Gasteiger partial charge >= 0.3 is 0 Å². The smallest absolute Gasteiger partial charge is 0.137 e. The number of thiophene rings is 1. The van der Waals surface area contributed by atoms with Crippen LogP contribution in [-0.4, -0.2) is 9.97 Å². The molecule has 0 fully saturated rings. The normalized spacial score (nSPS) is 10.6. The number of imidazole rings is 1. The first-order valence-corrected chi connectivity index (χ1v) is 6.41. The molecule has 0 bridgehead atoms. The van der Waals surface area contributed by atoms with E-state index in [9.17, 15) is 0 Å². The van der Waals surface area contributed by atoms with Crippen molar-refractivity contribution < 1.29 is 0 Å². The van der Waals surface area contributed by atoms with Crippen LogP contribution in [0.1, 0.15) is 10.6 Å². The minimum atomic E-state index is 0.928. The molecule has 2 heterocycles. The molecular weight excluding hydrogens is 228 g/mol. The fraction of sp³-hybridized carbons (Fsp3) is 0.0714. The molecule has 3 rings (SSSR count). The Hall–Kier alpha value is -1.87. The van der Waals surface area contributed by atoms with E-state index in [2.05, 4.69) is 39.6 Å². The summed E-state index contributed by atoms with van der Waals surface area (Å²) in [5.41, 5.74) is 2.29. The van der Waals surface area contributed by atoms with Crippen LogP contribution in [0.5, 0.6) is 0 Å². The van der Waals surface area contributed by atoms with E-state index in [0.29, 0.717) is 0 Å². The van der Waals surface area contributed by atoms with Crippen LogP contribution >= 0.6 is 11.3 Å². The predicted molar refractivity (Wildman–Crippen MR) is 71.1 cm³/mol. The zero-order valence-corrected chi connectivity index (χ0v) is 10.1. The highest BCUT2D eigenvalue weighted by Gasteiger charge is 2.04. The van der Waals surface area contributed by atoms with Gasteiger partial charge in [-0.3, -0.25) is 0 Å². The topological polar surface area (TPSA) is 28.7 Å². The van der Waals surface area contributed by atoms with Crippen LogP contribution in [0.3, 0.4) is 0 Å². The van der Waals surface area contributed by atoms with Crippen molar-refractivity contribution in [2.75, 3.05) is 0 Å². The molecule has 0 radical (unpaired) electrons. The van der Waals surface area contributed by atoms with E-state index in [4.69, 9.17) is 0 Å². The van der Waals surface area contributed by atoms with Gasteiger partial charge in [-0.2, -0.15) is 0 Å². The van der Waals surface area contributed by atoms with E-state index in [1.165, 1.54) is 4.88 Å². The second kappa shape index (κ2) is 4.55. The van der Waals surface area contributed by atoms with Crippen molar-refractivity contribution in [1.82, 2.24) is 9.97 Å². The first-order valence-electron chi connectivity index (χ1n) is 5.53. The number of hydrogen-bond donors (Lipinski definition) is 1. The summed E-state index contributed by atoms with van der Waals surface area (Å²) in [7, 11) is 0. The SMILES string of the molecule is c1ccc(-c2ncc(Cc3cccs3)[nH]2)cc1. The Morgan fingerprint density at radius 2 is 1.94 bits per heavy atom. The van der Waals surface area contributed by atoms with Crippen molar-refractivity contribution in [3.8, 4) is 11.4 Å². The molecule has 0 aliphatic heterocycles. The third-order valence-electron chi connectivity index (χ3n) is 2.62. The molecule has 3 heteroatoms. The van der Waals surface area contributed by atoms with Crippen molar-refractivity contribution >= 4 is 11.3 Å². The molecule has 84 valence electrons. The standard InChI is InChI=1S/C14H12N2S/c1-2-5-11(6-3-1)14-15-10-12(16-14)9-13-7-4-8-17-13/h1-8,10H,9H2,(H,15,16). The lowest BCUT2D eigenvalue weighted by molar-refractivity contribution is 1.14. The number of H-pyrrole nitrogens is 1. The van der Waals surface area contributed by atoms with Gasteiger partial charge in [0.05, 0.1) is 0 Å². The maximum Gasteiger partial charge on any atom is 0.137 e. The van der Waals surface area contributed by atoms with Gasteiger partial charge in [-0.25, -0.2) is 4.98 Å². The summed E-state index contributed by atoms with van der Waals surface area (Å²) in [6, 6.07) is 14.4. The number of nitrogens with zero attached hydrogens (tertiary/aromatic N) is 1. The highest BCUT2D eigenvalue weighted by molar-refractivity contribution is 7.09. The molecule has 2 aromatic heterocycles. The lowest BCUT2D eigenvalue weighted by Crippen LogP contribution is -1.84. The van der Waals surface area contributed by atoms with Gasteiger partial charge in [0, 0.05) is 28.8 Å². The Kier molecular flexibility index (Phi) is 2.76. The van der Waals surface area contributed by atoms with Gasteiger partial charge in [-0.05, 0) is 11.4 Å². The van der Waals surface area contributed by atoms with Crippen LogP contribution in [-0.2, 0) is 6.42 Å². The summed E-state index contributed by atoms with van der Waals surface area (Å²) >= 11 is 1.78. The second-order valence-corrected chi connectivity index (χ2v) is 4.91. The first kappa shape index (κ1) is 10.3. The second-order valence-electron chi connectivity index (χ2n) is 3.88. The van der Waals surface area contributed by atoms with Crippen LogP contribution in [0.25, 0.3) is 11.4 Å². The lowest BCUT2D eigenvalue weighted by Gasteiger charge is -1.95. The summed E-state index contributed by atoms with van der Waals surface area (Å²) in [4.78, 5) is 9.13. The molecule has 17 heavy (non-hydrogen) atoms. The number of hydrogen-bond acceptors (Lipinski definition) is 2. The monoisotopic (exact) mass is 240 g/mol. The molecule has 1 aromatic carbocycles. The highest BCUT2D eigenvalue weighted by Crippen LogP contribution is 2.18. The first-order chi connectivity index (χ1) is 8.42. The Labute approximate surface area is 104 Å². The number of benzene rings is 1. The molecule has 3 aromatic rings. The predicted octanol–water partition coefficient (Wildman–Crippen LogP) is 3.73. The Morgan fingerprint density at radius 1 is 1.06 bits per heavy atom. The third kappa shape index (κ3) is 2.29. The zero-order chi connectivity index (χ0) is 11.5. The molecule has 0 unspecified atom stereocenters. The van der Waals surface area contributed by atoms with Crippen molar-refractivity contribution in [2.45, 2.75) is 6.42 Å². The van der Waals surface area contributed by atoms with Gasteiger partial charge in [-0.15, -0.1) is 11.3 Å². The van der Waals surface area contributed by atoms with Crippen molar-refractivity contribution in [1.29, 1.82) is 0 Å². The molecule has 1 N–H and O–H groups in total. The molecule has 2 nitrogen and oxygen atoms in total. The molecule has 0 saturated carbocycles. The number of aromatic nitrogens is 2. The molecular formula is C14H12N2S. The molecule has 0 amide bonds. The Balaban J connectivity index is 1.84. The van der Waals surface area contributed by atoms with Crippen LogP contribution in [0.2, 0.25) is 0 Å². The van der Waals surface area contributed by atoms with Crippen LogP contribution < -0.4 is 0 Å². The van der Waals surface area contributed by atoms with Gasteiger partial charge in [-0.1, -0.05) is 36.4 Å². The van der Waals surface area contributed by atoms with E-state index in [1.54, 1.807) is 11.3 Å². The number of aromatic amines is 1. The summed E-state index contributed by atoms with van der Waals surface area (Å²) in [6.07, 6.45) is 2.85. The quantitative estimate of drug-likeness (QED) is 0.742. The van der Waals surface area contributed by atoms with E-state index in [-0.39, 0.29) is 0 Å². The van der Waals surface area contributed by atoms with Gasteiger partial charge in [0.25, 0.3) is 0 Å². The maximum absolute atomic E-state index is 4.42. The number of rotatable bonds is 3. The fourth-order valence-corrected chi connectivity index (χ4v) is 2.52. The van der Waals surface area contributed by atoms with E-state index in [0.717, 1.165) is 23.5 Å². The summed E-state index contributed by atoms with van der Waals surface area (Å²) in [5, 5.41) is 2.10. The maximum atomic E-state index is 4.42. The van der Waals surface area contributed by atoms with Crippen LogP contribution in [0.4, 0.5) is 0 Å². The van der Waals surface area contributed by atoms with Crippen molar-refractivity contribution in [2.24, 2.45) is 0 Å². The minimum absolute atomic E-state index is 0.928. The molecule has 0 aliphatic rings. The summed E-state index contributed by atoms with van der Waals surface area (Å²) in [5.74, 6) is 0.942. The zero-order valence-electron chi connectivity index (χ0n) is 9.26. The van der Waals surface area contributed by atoms with Gasteiger partial charge < -0.3 is 4.98 Å². The average molecular weight is 240 g/mol. The van der Waals surface area contributed by atoms with Crippen molar-refractivity contribution in [3.63, 3.8) is 0 Å². The molecule has 0 saturated heterocycles. The van der Waals surface area contributed by atoms with E-state index >= 15 is 0 Å². The van der Waals surface area contributed by atoms with Gasteiger partial charge in [0.1, 0.15) is 5.82 Å². The average Bonchev–Trinajstić information content (AvgIpc) is 3.02. The minimum Gasteiger partial charge on any atom is -0.342 e. The molecule has 0 spiro atoms. The Morgan fingerprint density at radius 3 is 2.71 bits per heavy atom. The van der Waals surface area contributed by atoms with E-state index < -0.39 is 0 Å². The summed E-state index contributed by atoms with van der Waals surface area (Å²) < 4.78 is 0. The van der Waals surface area contributed by atoms with Crippen LogP contribution in [0.15, 0.2) is 54.0 Å². The largest absolute Gasteiger partial charge is 0.342 e.